The molecule has 17 heavy (non-hydrogen) atoms. The summed E-state index contributed by atoms with van der Waals surface area (Å²) in [6.45, 7) is 0. The zero-order valence-corrected chi connectivity index (χ0v) is 9.09. The van der Waals surface area contributed by atoms with Crippen molar-refractivity contribution in [3.63, 3.8) is 0 Å². The molecule has 88 valence electrons. The Kier molecular flexibility index (Phi) is 1.75. The minimum absolute atomic E-state index is 0.0934. The van der Waals surface area contributed by atoms with Gasteiger partial charge >= 0.3 is 11.9 Å². The molecular weight excluding hydrogens is 220 g/mol. The molecule has 2 aliphatic carbocycles. The Bertz CT molecular complexity index is 493. The third-order valence-corrected chi connectivity index (χ3v) is 4.31. The number of carbonyl (C=O) groups is 2. The smallest absolute Gasteiger partial charge is 0.321 e. The van der Waals surface area contributed by atoms with Gasteiger partial charge in [-0.25, -0.2) is 0 Å². The Morgan fingerprint density at radius 3 is 2.18 bits per heavy atom. The molecule has 4 heteroatoms. The van der Waals surface area contributed by atoms with Crippen LogP contribution in [0.3, 0.4) is 0 Å². The fourth-order valence-corrected chi connectivity index (χ4v) is 3.19. The molecule has 0 saturated heterocycles. The van der Waals surface area contributed by atoms with Gasteiger partial charge in [0.2, 0.25) is 0 Å². The summed E-state index contributed by atoms with van der Waals surface area (Å²) in [5.74, 6) is -2.29. The van der Waals surface area contributed by atoms with Crippen molar-refractivity contribution in [2.45, 2.75) is 18.8 Å². The van der Waals surface area contributed by atoms with E-state index in [1.165, 1.54) is 0 Å². The first-order valence-corrected chi connectivity index (χ1v) is 5.56. The van der Waals surface area contributed by atoms with Crippen molar-refractivity contribution in [2.24, 2.45) is 10.8 Å². The predicted octanol–water partition coefficient (Wildman–Crippen LogP) is 1.72. The SMILES string of the molecule is O=C(O)C1(C(=O)O)CC12CC2c1ccccc1. The number of rotatable bonds is 3. The lowest BCUT2D eigenvalue weighted by Crippen LogP contribution is -2.28. The van der Waals surface area contributed by atoms with E-state index in [0.29, 0.717) is 6.42 Å². The van der Waals surface area contributed by atoms with Gasteiger partial charge in [0.15, 0.2) is 5.41 Å². The standard InChI is InChI=1S/C13H12O4/c14-10(15)13(11(16)17)7-12(13)6-9(12)8-4-2-1-3-5-8/h1-5,9H,6-7H2,(H,14,15)(H,16,17). The van der Waals surface area contributed by atoms with E-state index in [9.17, 15) is 9.59 Å². The summed E-state index contributed by atoms with van der Waals surface area (Å²) in [4.78, 5) is 22.4. The molecule has 0 amide bonds. The molecule has 0 aromatic heterocycles. The van der Waals surface area contributed by atoms with E-state index in [0.717, 1.165) is 5.56 Å². The first-order valence-electron chi connectivity index (χ1n) is 5.56. The molecule has 3 rings (SSSR count). The Morgan fingerprint density at radius 2 is 1.71 bits per heavy atom. The van der Waals surface area contributed by atoms with Gasteiger partial charge in [0.25, 0.3) is 0 Å². The van der Waals surface area contributed by atoms with E-state index in [1.54, 1.807) is 0 Å². The van der Waals surface area contributed by atoms with Crippen LogP contribution in [0.1, 0.15) is 24.3 Å². The highest BCUT2D eigenvalue weighted by molar-refractivity contribution is 6.04. The summed E-state index contributed by atoms with van der Waals surface area (Å²) in [6.07, 6.45) is 0.944. The van der Waals surface area contributed by atoms with Crippen LogP contribution in [0.4, 0.5) is 0 Å². The van der Waals surface area contributed by atoms with Crippen molar-refractivity contribution >= 4 is 11.9 Å². The maximum Gasteiger partial charge on any atom is 0.321 e. The van der Waals surface area contributed by atoms with Crippen LogP contribution in [0, 0.1) is 10.8 Å². The summed E-state index contributed by atoms with van der Waals surface area (Å²) in [5.41, 5.74) is -1.00. The van der Waals surface area contributed by atoms with E-state index in [1.807, 2.05) is 30.3 Å². The van der Waals surface area contributed by atoms with Crippen molar-refractivity contribution < 1.29 is 19.8 Å². The molecule has 1 spiro atoms. The molecular formula is C13H12O4. The highest BCUT2D eigenvalue weighted by atomic mass is 16.4. The van der Waals surface area contributed by atoms with Crippen molar-refractivity contribution in [2.75, 3.05) is 0 Å². The Balaban J connectivity index is 1.91. The van der Waals surface area contributed by atoms with E-state index in [2.05, 4.69) is 0 Å². The fourth-order valence-electron chi connectivity index (χ4n) is 3.19. The van der Waals surface area contributed by atoms with Gasteiger partial charge in [-0.2, -0.15) is 0 Å². The van der Waals surface area contributed by atoms with Crippen molar-refractivity contribution in [3.05, 3.63) is 35.9 Å². The number of hydrogen-bond donors (Lipinski definition) is 2. The van der Waals surface area contributed by atoms with E-state index in [4.69, 9.17) is 10.2 Å². The second kappa shape index (κ2) is 2.88. The van der Waals surface area contributed by atoms with E-state index in [-0.39, 0.29) is 12.3 Å². The van der Waals surface area contributed by atoms with Crippen LogP contribution >= 0.6 is 0 Å². The molecule has 1 aromatic rings. The molecule has 0 bridgehead atoms. The average molecular weight is 232 g/mol. The lowest BCUT2D eigenvalue weighted by molar-refractivity contribution is -0.158. The van der Waals surface area contributed by atoms with E-state index >= 15 is 0 Å². The highest BCUT2D eigenvalue weighted by Gasteiger charge is 2.87. The quantitative estimate of drug-likeness (QED) is 0.778. The Hall–Kier alpha value is -1.84. The van der Waals surface area contributed by atoms with Gasteiger partial charge in [-0.05, 0) is 24.3 Å². The Labute approximate surface area is 97.9 Å². The minimum atomic E-state index is -1.53. The third kappa shape index (κ3) is 1.07. The average Bonchev–Trinajstić information content (AvgIpc) is 3.18. The van der Waals surface area contributed by atoms with Gasteiger partial charge in [-0.15, -0.1) is 0 Å². The van der Waals surface area contributed by atoms with Crippen LogP contribution in [-0.2, 0) is 9.59 Å². The minimum Gasteiger partial charge on any atom is -0.480 e. The molecule has 2 saturated carbocycles. The summed E-state index contributed by atoms with van der Waals surface area (Å²) < 4.78 is 0. The predicted molar refractivity (Wildman–Crippen MR) is 58.6 cm³/mol. The molecule has 2 aliphatic rings. The maximum absolute atomic E-state index is 11.2. The second-order valence-corrected chi connectivity index (χ2v) is 5.02. The molecule has 0 radical (unpaired) electrons. The third-order valence-electron chi connectivity index (χ3n) is 4.31. The lowest BCUT2D eigenvalue weighted by Gasteiger charge is -2.06. The number of benzene rings is 1. The zero-order valence-electron chi connectivity index (χ0n) is 9.09. The van der Waals surface area contributed by atoms with Gasteiger partial charge in [0.05, 0.1) is 0 Å². The van der Waals surface area contributed by atoms with Crippen molar-refractivity contribution in [3.8, 4) is 0 Å². The van der Waals surface area contributed by atoms with Crippen LogP contribution in [0.5, 0.6) is 0 Å². The first kappa shape index (κ1) is 10.3. The molecule has 2 atom stereocenters. The monoisotopic (exact) mass is 232 g/mol. The van der Waals surface area contributed by atoms with Crippen LogP contribution in [0.25, 0.3) is 0 Å². The van der Waals surface area contributed by atoms with Gasteiger partial charge in [0, 0.05) is 5.41 Å². The van der Waals surface area contributed by atoms with Gasteiger partial charge in [0.1, 0.15) is 0 Å². The number of aliphatic carboxylic acids is 2. The van der Waals surface area contributed by atoms with Crippen LogP contribution in [0.2, 0.25) is 0 Å². The molecule has 2 N–H and O–H groups in total. The van der Waals surface area contributed by atoms with Gasteiger partial charge < -0.3 is 10.2 Å². The highest BCUT2D eigenvalue weighted by Crippen LogP contribution is 2.84. The molecule has 0 heterocycles. The topological polar surface area (TPSA) is 74.6 Å². The molecule has 0 aliphatic heterocycles. The van der Waals surface area contributed by atoms with Gasteiger partial charge in [-0.1, -0.05) is 30.3 Å². The Morgan fingerprint density at radius 1 is 1.12 bits per heavy atom. The number of carboxylic acids is 2. The van der Waals surface area contributed by atoms with Crippen LogP contribution in [0.15, 0.2) is 30.3 Å². The normalized spacial score (nSPS) is 32.1. The molecule has 2 fully saturated rings. The second-order valence-electron chi connectivity index (χ2n) is 5.02. The van der Waals surface area contributed by atoms with Gasteiger partial charge in [-0.3, -0.25) is 9.59 Å². The zero-order chi connectivity index (χ0) is 12.3. The first-order chi connectivity index (χ1) is 8.04. The van der Waals surface area contributed by atoms with Crippen molar-refractivity contribution in [1.82, 2.24) is 0 Å². The summed E-state index contributed by atoms with van der Waals surface area (Å²) in [6, 6.07) is 9.56. The summed E-state index contributed by atoms with van der Waals surface area (Å²) >= 11 is 0. The number of hydrogen-bond acceptors (Lipinski definition) is 2. The van der Waals surface area contributed by atoms with Crippen LogP contribution in [-0.4, -0.2) is 22.2 Å². The van der Waals surface area contributed by atoms with Crippen LogP contribution < -0.4 is 0 Å². The maximum atomic E-state index is 11.2. The van der Waals surface area contributed by atoms with E-state index < -0.39 is 22.8 Å². The van der Waals surface area contributed by atoms with Crippen molar-refractivity contribution in [1.29, 1.82) is 0 Å². The fraction of sp³-hybridized carbons (Fsp3) is 0.385. The molecule has 1 aromatic carbocycles. The largest absolute Gasteiger partial charge is 0.480 e. The molecule has 4 nitrogen and oxygen atoms in total. The summed E-state index contributed by atoms with van der Waals surface area (Å²) in [7, 11) is 0. The lowest BCUT2D eigenvalue weighted by atomic mass is 9.99. The summed E-state index contributed by atoms with van der Waals surface area (Å²) in [5, 5.41) is 18.3. The number of carboxylic acid groups (broad SMARTS) is 2. The molecule has 2 unspecified atom stereocenters.